The van der Waals surface area contributed by atoms with Crippen molar-refractivity contribution < 1.29 is 4.79 Å². The molecule has 0 saturated heterocycles. The third kappa shape index (κ3) is 3.71. The minimum atomic E-state index is -0.389. The summed E-state index contributed by atoms with van der Waals surface area (Å²) in [4.78, 5) is 11.9. The maximum atomic E-state index is 11.9. The van der Waals surface area contributed by atoms with E-state index in [4.69, 9.17) is 16.9 Å². The van der Waals surface area contributed by atoms with E-state index in [1.54, 1.807) is 30.3 Å². The molecule has 0 saturated carbocycles. The maximum Gasteiger partial charge on any atom is 0.267 e. The summed E-state index contributed by atoms with van der Waals surface area (Å²) in [5, 5.41) is 11.5. The van der Waals surface area contributed by atoms with Crippen LogP contribution in [0.5, 0.6) is 0 Å². The molecular formula is C16H11ClN2O. The van der Waals surface area contributed by atoms with Gasteiger partial charge in [0.15, 0.2) is 0 Å². The van der Waals surface area contributed by atoms with Crippen LogP contribution >= 0.6 is 11.6 Å². The van der Waals surface area contributed by atoms with Crippen LogP contribution in [0, 0.1) is 11.3 Å². The van der Waals surface area contributed by atoms with Crippen LogP contribution < -0.4 is 5.32 Å². The lowest BCUT2D eigenvalue weighted by Gasteiger charge is -2.04. The molecule has 2 rings (SSSR count). The number of hydrogen-bond donors (Lipinski definition) is 1. The SMILES string of the molecule is N#Cc1ccc(NC(=O)C(Cl)=Cc2ccccc2)cc1. The van der Waals surface area contributed by atoms with Gasteiger partial charge in [0, 0.05) is 5.69 Å². The third-order valence-electron chi connectivity index (χ3n) is 2.58. The summed E-state index contributed by atoms with van der Waals surface area (Å²) in [6.07, 6.45) is 1.60. The molecule has 2 aromatic carbocycles. The average molecular weight is 283 g/mol. The maximum absolute atomic E-state index is 11.9. The highest BCUT2D eigenvalue weighted by molar-refractivity contribution is 6.45. The summed E-state index contributed by atoms with van der Waals surface area (Å²) in [6.45, 7) is 0. The first-order valence-corrected chi connectivity index (χ1v) is 6.30. The Labute approximate surface area is 122 Å². The normalized spacial score (nSPS) is 10.7. The van der Waals surface area contributed by atoms with Gasteiger partial charge in [-0.25, -0.2) is 0 Å². The molecule has 1 N–H and O–H groups in total. The molecule has 0 spiro atoms. The van der Waals surface area contributed by atoms with E-state index in [9.17, 15) is 4.79 Å². The molecule has 0 bridgehead atoms. The molecule has 0 heterocycles. The van der Waals surface area contributed by atoms with Crippen molar-refractivity contribution in [2.75, 3.05) is 5.32 Å². The van der Waals surface area contributed by atoms with E-state index in [0.29, 0.717) is 11.3 Å². The van der Waals surface area contributed by atoms with Gasteiger partial charge in [-0.15, -0.1) is 0 Å². The Hall–Kier alpha value is -2.57. The zero-order valence-electron chi connectivity index (χ0n) is 10.5. The first-order chi connectivity index (χ1) is 9.69. The Kier molecular flexibility index (Phi) is 4.54. The molecule has 4 heteroatoms. The highest BCUT2D eigenvalue weighted by Gasteiger charge is 2.07. The van der Waals surface area contributed by atoms with Crippen molar-refractivity contribution in [3.63, 3.8) is 0 Å². The van der Waals surface area contributed by atoms with Gasteiger partial charge in [0.1, 0.15) is 5.03 Å². The highest BCUT2D eigenvalue weighted by atomic mass is 35.5. The van der Waals surface area contributed by atoms with Crippen molar-refractivity contribution in [2.24, 2.45) is 0 Å². The van der Waals surface area contributed by atoms with Crippen molar-refractivity contribution in [3.05, 3.63) is 70.8 Å². The first kappa shape index (κ1) is 13.9. The van der Waals surface area contributed by atoms with E-state index in [2.05, 4.69) is 5.32 Å². The van der Waals surface area contributed by atoms with Gasteiger partial charge in [0.2, 0.25) is 0 Å². The van der Waals surface area contributed by atoms with Crippen LogP contribution in [-0.2, 0) is 4.79 Å². The lowest BCUT2D eigenvalue weighted by Crippen LogP contribution is -2.11. The largest absolute Gasteiger partial charge is 0.321 e. The van der Waals surface area contributed by atoms with Gasteiger partial charge in [-0.1, -0.05) is 41.9 Å². The van der Waals surface area contributed by atoms with Gasteiger partial charge in [0.05, 0.1) is 11.6 Å². The zero-order chi connectivity index (χ0) is 14.4. The number of benzene rings is 2. The Morgan fingerprint density at radius 1 is 1.10 bits per heavy atom. The van der Waals surface area contributed by atoms with Crippen molar-refractivity contribution in [2.45, 2.75) is 0 Å². The summed E-state index contributed by atoms with van der Waals surface area (Å²) in [5.41, 5.74) is 1.98. The molecule has 0 aromatic heterocycles. The smallest absolute Gasteiger partial charge is 0.267 e. The predicted molar refractivity (Wildman–Crippen MR) is 80.1 cm³/mol. The molecular weight excluding hydrogens is 272 g/mol. The van der Waals surface area contributed by atoms with Gasteiger partial charge in [-0.2, -0.15) is 5.26 Å². The molecule has 0 aliphatic rings. The summed E-state index contributed by atoms with van der Waals surface area (Å²) in [6, 6.07) is 17.9. The van der Waals surface area contributed by atoms with Crippen LogP contribution in [0.1, 0.15) is 11.1 Å². The molecule has 20 heavy (non-hydrogen) atoms. The van der Waals surface area contributed by atoms with Gasteiger partial charge in [-0.3, -0.25) is 4.79 Å². The summed E-state index contributed by atoms with van der Waals surface area (Å²) < 4.78 is 0. The fraction of sp³-hybridized carbons (Fsp3) is 0. The Bertz CT molecular complexity index is 670. The van der Waals surface area contributed by atoms with E-state index >= 15 is 0 Å². The lowest BCUT2D eigenvalue weighted by molar-refractivity contribution is -0.112. The van der Waals surface area contributed by atoms with Crippen LogP contribution in [0.4, 0.5) is 5.69 Å². The second kappa shape index (κ2) is 6.55. The number of hydrogen-bond acceptors (Lipinski definition) is 2. The lowest BCUT2D eigenvalue weighted by atomic mass is 10.2. The van der Waals surface area contributed by atoms with E-state index < -0.39 is 0 Å². The second-order valence-electron chi connectivity index (χ2n) is 4.05. The molecule has 98 valence electrons. The summed E-state index contributed by atoms with van der Waals surface area (Å²) in [5.74, 6) is -0.389. The van der Waals surface area contributed by atoms with Crippen LogP contribution in [0.25, 0.3) is 6.08 Å². The van der Waals surface area contributed by atoms with Crippen LogP contribution in [0.2, 0.25) is 0 Å². The van der Waals surface area contributed by atoms with Gasteiger partial charge >= 0.3 is 0 Å². The monoisotopic (exact) mass is 282 g/mol. The molecule has 0 unspecified atom stereocenters. The van der Waals surface area contributed by atoms with Crippen LogP contribution in [-0.4, -0.2) is 5.91 Å². The zero-order valence-corrected chi connectivity index (χ0v) is 11.3. The summed E-state index contributed by atoms with van der Waals surface area (Å²) >= 11 is 5.97. The van der Waals surface area contributed by atoms with Crippen molar-refractivity contribution in [1.82, 2.24) is 0 Å². The number of rotatable bonds is 3. The van der Waals surface area contributed by atoms with Crippen molar-refractivity contribution in [3.8, 4) is 6.07 Å². The van der Waals surface area contributed by atoms with Gasteiger partial charge in [-0.05, 0) is 35.9 Å². The van der Waals surface area contributed by atoms with E-state index in [-0.39, 0.29) is 10.9 Å². The summed E-state index contributed by atoms with van der Waals surface area (Å²) in [7, 11) is 0. The van der Waals surface area contributed by atoms with Crippen LogP contribution in [0.15, 0.2) is 59.6 Å². The topological polar surface area (TPSA) is 52.9 Å². The fourth-order valence-electron chi connectivity index (χ4n) is 1.58. The number of amides is 1. The molecule has 1 amide bonds. The Morgan fingerprint density at radius 2 is 1.75 bits per heavy atom. The molecule has 2 aromatic rings. The molecule has 0 radical (unpaired) electrons. The second-order valence-corrected chi connectivity index (χ2v) is 4.45. The predicted octanol–water partition coefficient (Wildman–Crippen LogP) is 3.78. The molecule has 0 aliphatic heterocycles. The Morgan fingerprint density at radius 3 is 2.35 bits per heavy atom. The fourth-order valence-corrected chi connectivity index (χ4v) is 1.75. The third-order valence-corrected chi connectivity index (χ3v) is 2.86. The van der Waals surface area contributed by atoms with Crippen molar-refractivity contribution in [1.29, 1.82) is 5.26 Å². The van der Waals surface area contributed by atoms with Crippen LogP contribution in [0.3, 0.4) is 0 Å². The highest BCUT2D eigenvalue weighted by Crippen LogP contribution is 2.14. The Balaban J connectivity index is 2.08. The molecule has 3 nitrogen and oxygen atoms in total. The van der Waals surface area contributed by atoms with Gasteiger partial charge < -0.3 is 5.32 Å². The number of halogens is 1. The average Bonchev–Trinajstić information content (AvgIpc) is 2.49. The van der Waals surface area contributed by atoms with E-state index in [0.717, 1.165) is 5.56 Å². The van der Waals surface area contributed by atoms with Gasteiger partial charge in [0.25, 0.3) is 5.91 Å². The number of nitrogens with zero attached hydrogens (tertiary/aromatic N) is 1. The minimum Gasteiger partial charge on any atom is -0.321 e. The van der Waals surface area contributed by atoms with E-state index in [1.165, 1.54) is 0 Å². The first-order valence-electron chi connectivity index (χ1n) is 5.93. The van der Waals surface area contributed by atoms with Crippen molar-refractivity contribution >= 4 is 29.3 Å². The quantitative estimate of drug-likeness (QED) is 0.871. The number of nitrogens with one attached hydrogen (secondary N) is 1. The molecule has 0 atom stereocenters. The number of anilines is 1. The van der Waals surface area contributed by atoms with E-state index in [1.807, 2.05) is 36.4 Å². The number of carbonyl (C=O) groups excluding carboxylic acids is 1. The minimum absolute atomic E-state index is 0.0977. The number of carbonyl (C=O) groups is 1. The number of nitriles is 1. The molecule has 0 fully saturated rings. The standard InChI is InChI=1S/C16H11ClN2O/c17-15(10-12-4-2-1-3-5-12)16(20)19-14-8-6-13(11-18)7-9-14/h1-10H,(H,19,20). The molecule has 0 aliphatic carbocycles.